The van der Waals surface area contributed by atoms with Crippen LogP contribution in [0, 0.1) is 5.82 Å². The zero-order valence-electron chi connectivity index (χ0n) is 17.8. The van der Waals surface area contributed by atoms with Crippen molar-refractivity contribution in [1.82, 2.24) is 19.7 Å². The first kappa shape index (κ1) is 20.9. The molecule has 0 aliphatic carbocycles. The molecule has 7 nitrogen and oxygen atoms in total. The molecule has 0 radical (unpaired) electrons. The quantitative estimate of drug-likeness (QED) is 0.358. The van der Waals surface area contributed by atoms with Gasteiger partial charge in [0.15, 0.2) is 5.65 Å². The molecule has 3 heterocycles. The molecular weight excluding hydrogens is 439 g/mol. The summed E-state index contributed by atoms with van der Waals surface area (Å²) in [5.41, 5.74) is 9.29. The third-order valence-corrected chi connectivity index (χ3v) is 6.11. The number of ether oxygens (including phenoxy) is 1. The number of aromatic nitrogens is 4. The first-order chi connectivity index (χ1) is 16.1. The highest BCUT2D eigenvalue weighted by molar-refractivity contribution is 7.13. The molecule has 9 heteroatoms. The second-order valence-electron chi connectivity index (χ2n) is 7.37. The summed E-state index contributed by atoms with van der Waals surface area (Å²) in [4.78, 5) is 10.3. The van der Waals surface area contributed by atoms with E-state index >= 15 is 0 Å². The van der Waals surface area contributed by atoms with E-state index in [9.17, 15) is 4.39 Å². The predicted octanol–water partition coefficient (Wildman–Crippen LogP) is 4.93. The first-order valence-corrected chi connectivity index (χ1v) is 11.2. The average Bonchev–Trinajstić information content (AvgIpc) is 3.48. The molecule has 0 unspecified atom stereocenters. The molecule has 0 aliphatic heterocycles. The maximum absolute atomic E-state index is 13.8. The molecule has 0 aliphatic rings. The van der Waals surface area contributed by atoms with Crippen LogP contribution in [0.3, 0.4) is 0 Å². The van der Waals surface area contributed by atoms with E-state index in [0.29, 0.717) is 40.7 Å². The molecule has 0 amide bonds. The Morgan fingerprint density at radius 2 is 1.94 bits per heavy atom. The third kappa shape index (κ3) is 4.22. The number of hydrogen-bond donors (Lipinski definition) is 2. The number of hydrogen-bond acceptors (Lipinski definition) is 7. The van der Waals surface area contributed by atoms with Crippen LogP contribution in [0.5, 0.6) is 5.75 Å². The minimum Gasteiger partial charge on any atom is -0.497 e. The van der Waals surface area contributed by atoms with Gasteiger partial charge in [-0.05, 0) is 53.8 Å². The highest BCUT2D eigenvalue weighted by Crippen LogP contribution is 2.34. The van der Waals surface area contributed by atoms with Gasteiger partial charge in [-0.25, -0.2) is 14.1 Å². The van der Waals surface area contributed by atoms with Gasteiger partial charge < -0.3 is 15.8 Å². The standard InChI is InChI=1S/C24H21FN6OS/c1-32-18-9-7-15(8-10-18)11-12-27-24-28-21(19-6-3-13-33-19)20-22(26)31(30-23(20)29-24)17-5-2-4-16(25)14-17/h2-10,13-14H,11-12,26H2,1H3,(H,27,29,30). The van der Waals surface area contributed by atoms with E-state index < -0.39 is 0 Å². The molecule has 3 aromatic heterocycles. The Morgan fingerprint density at radius 3 is 2.67 bits per heavy atom. The smallest absolute Gasteiger partial charge is 0.225 e. The van der Waals surface area contributed by atoms with E-state index in [-0.39, 0.29) is 5.82 Å². The molecule has 33 heavy (non-hydrogen) atoms. The zero-order valence-corrected chi connectivity index (χ0v) is 18.6. The van der Waals surface area contributed by atoms with Crippen molar-refractivity contribution < 1.29 is 9.13 Å². The number of nitrogens with two attached hydrogens (primary N) is 1. The van der Waals surface area contributed by atoms with Gasteiger partial charge in [0.05, 0.1) is 28.8 Å². The molecule has 166 valence electrons. The summed E-state index contributed by atoms with van der Waals surface area (Å²) < 4.78 is 20.5. The lowest BCUT2D eigenvalue weighted by molar-refractivity contribution is 0.414. The third-order valence-electron chi connectivity index (χ3n) is 5.23. The summed E-state index contributed by atoms with van der Waals surface area (Å²) in [6.45, 7) is 0.641. The number of thiophene rings is 1. The van der Waals surface area contributed by atoms with Crippen LogP contribution in [0.4, 0.5) is 16.2 Å². The van der Waals surface area contributed by atoms with Crippen molar-refractivity contribution in [3.63, 3.8) is 0 Å². The van der Waals surface area contributed by atoms with Gasteiger partial charge in [0, 0.05) is 6.54 Å². The van der Waals surface area contributed by atoms with Crippen molar-refractivity contribution in [2.75, 3.05) is 24.7 Å². The fourth-order valence-corrected chi connectivity index (χ4v) is 4.32. The van der Waals surface area contributed by atoms with Crippen LogP contribution >= 0.6 is 11.3 Å². The Morgan fingerprint density at radius 1 is 1.09 bits per heavy atom. The normalized spacial score (nSPS) is 11.1. The Balaban J connectivity index is 1.49. The molecule has 3 N–H and O–H groups in total. The highest BCUT2D eigenvalue weighted by atomic mass is 32.1. The molecular formula is C24H21FN6OS. The maximum Gasteiger partial charge on any atom is 0.225 e. The number of nitrogens with zero attached hydrogens (tertiary/aromatic N) is 4. The van der Waals surface area contributed by atoms with E-state index in [0.717, 1.165) is 17.0 Å². The number of nitrogens with one attached hydrogen (secondary N) is 1. The van der Waals surface area contributed by atoms with Crippen LogP contribution in [0.15, 0.2) is 66.0 Å². The fraction of sp³-hybridized carbons (Fsp3) is 0.125. The van der Waals surface area contributed by atoms with Gasteiger partial charge in [-0.3, -0.25) is 0 Å². The lowest BCUT2D eigenvalue weighted by Gasteiger charge is -2.08. The van der Waals surface area contributed by atoms with Crippen LogP contribution in [-0.4, -0.2) is 33.4 Å². The van der Waals surface area contributed by atoms with Crippen LogP contribution < -0.4 is 15.8 Å². The fourth-order valence-electron chi connectivity index (χ4n) is 3.60. The van der Waals surface area contributed by atoms with E-state index in [1.807, 2.05) is 41.8 Å². The molecule has 5 aromatic rings. The Kier molecular flexibility index (Phi) is 5.62. The molecule has 0 spiro atoms. The van der Waals surface area contributed by atoms with Crippen LogP contribution in [0.25, 0.3) is 27.3 Å². The van der Waals surface area contributed by atoms with Crippen molar-refractivity contribution in [1.29, 1.82) is 0 Å². The highest BCUT2D eigenvalue weighted by Gasteiger charge is 2.20. The summed E-state index contributed by atoms with van der Waals surface area (Å²) in [6.07, 6.45) is 0.791. The summed E-state index contributed by atoms with van der Waals surface area (Å²) >= 11 is 1.56. The molecule has 2 aromatic carbocycles. The minimum absolute atomic E-state index is 0.364. The number of rotatable bonds is 7. The van der Waals surface area contributed by atoms with Crippen LogP contribution in [0.2, 0.25) is 0 Å². The van der Waals surface area contributed by atoms with Gasteiger partial charge >= 0.3 is 0 Å². The monoisotopic (exact) mass is 460 g/mol. The van der Waals surface area contributed by atoms with Crippen molar-refractivity contribution >= 4 is 34.1 Å². The lowest BCUT2D eigenvalue weighted by Crippen LogP contribution is -2.08. The Labute approximate surface area is 193 Å². The van der Waals surface area contributed by atoms with Crippen molar-refractivity contribution in [3.05, 3.63) is 77.4 Å². The number of methoxy groups -OCH3 is 1. The zero-order chi connectivity index (χ0) is 22.8. The topological polar surface area (TPSA) is 90.9 Å². The lowest BCUT2D eigenvalue weighted by atomic mass is 10.1. The first-order valence-electron chi connectivity index (χ1n) is 10.4. The summed E-state index contributed by atoms with van der Waals surface area (Å²) in [7, 11) is 1.65. The van der Waals surface area contributed by atoms with Crippen molar-refractivity contribution in [3.8, 4) is 22.0 Å². The van der Waals surface area contributed by atoms with E-state index in [4.69, 9.17) is 15.5 Å². The van der Waals surface area contributed by atoms with E-state index in [2.05, 4.69) is 15.4 Å². The van der Waals surface area contributed by atoms with Gasteiger partial charge in [-0.1, -0.05) is 24.3 Å². The molecule has 0 saturated carbocycles. The predicted molar refractivity (Wildman–Crippen MR) is 130 cm³/mol. The van der Waals surface area contributed by atoms with Gasteiger partial charge in [-0.15, -0.1) is 16.4 Å². The molecule has 5 rings (SSSR count). The van der Waals surface area contributed by atoms with Crippen molar-refractivity contribution in [2.24, 2.45) is 0 Å². The average molecular weight is 461 g/mol. The Hall–Kier alpha value is -3.98. The number of fused-ring (bicyclic) bond motifs is 1. The summed E-state index contributed by atoms with van der Waals surface area (Å²) in [5, 5.41) is 10.5. The maximum atomic E-state index is 13.8. The van der Waals surface area contributed by atoms with Crippen LogP contribution in [-0.2, 0) is 6.42 Å². The minimum atomic E-state index is -0.364. The summed E-state index contributed by atoms with van der Waals surface area (Å²) in [5.74, 6) is 1.29. The largest absolute Gasteiger partial charge is 0.497 e. The number of benzene rings is 2. The SMILES string of the molecule is COc1ccc(CCNc2nc(-c3cccs3)c3c(N)n(-c4cccc(F)c4)nc3n2)cc1. The molecule has 0 atom stereocenters. The number of halogens is 1. The van der Waals surface area contributed by atoms with E-state index in [1.165, 1.54) is 22.4 Å². The Bertz CT molecular complexity index is 1400. The molecule has 0 saturated heterocycles. The second-order valence-corrected chi connectivity index (χ2v) is 8.32. The van der Waals surface area contributed by atoms with Crippen LogP contribution in [0.1, 0.15) is 5.56 Å². The van der Waals surface area contributed by atoms with Gasteiger partial charge in [0.25, 0.3) is 0 Å². The van der Waals surface area contributed by atoms with E-state index in [1.54, 1.807) is 30.6 Å². The van der Waals surface area contributed by atoms with Gasteiger partial charge in [0.2, 0.25) is 5.95 Å². The molecule has 0 fully saturated rings. The van der Waals surface area contributed by atoms with Gasteiger partial charge in [-0.2, -0.15) is 4.98 Å². The summed E-state index contributed by atoms with van der Waals surface area (Å²) in [6, 6.07) is 18.0. The van der Waals surface area contributed by atoms with Crippen molar-refractivity contribution in [2.45, 2.75) is 6.42 Å². The molecule has 0 bridgehead atoms. The number of anilines is 2. The second kappa shape index (κ2) is 8.87. The van der Waals surface area contributed by atoms with Gasteiger partial charge in [0.1, 0.15) is 17.4 Å². The number of nitrogen functional groups attached to an aromatic ring is 1.